The minimum Gasteiger partial charge on any atom is -0.444 e. The van der Waals surface area contributed by atoms with Crippen molar-refractivity contribution in [3.8, 4) is 0 Å². The second-order valence-electron chi connectivity index (χ2n) is 3.01. The van der Waals surface area contributed by atoms with Crippen LogP contribution in [0.2, 0.25) is 0 Å². The molecule has 0 atom stereocenters. The average Bonchev–Trinajstić information content (AvgIpc) is 2.62. The maximum atomic E-state index is 10.9. The third kappa shape index (κ3) is 2.43. The lowest BCUT2D eigenvalue weighted by atomic mass is 10.5. The van der Waals surface area contributed by atoms with Crippen LogP contribution in [0.25, 0.3) is 0 Å². The summed E-state index contributed by atoms with van der Waals surface area (Å²) < 4.78 is 5.25. The molecule has 2 rings (SSSR count). The van der Waals surface area contributed by atoms with Crippen molar-refractivity contribution in [1.82, 2.24) is 15.0 Å². The summed E-state index contributed by atoms with van der Waals surface area (Å²) in [5, 5.41) is 2.93. The largest absolute Gasteiger partial charge is 0.444 e. The van der Waals surface area contributed by atoms with E-state index in [1.54, 1.807) is 6.20 Å². The van der Waals surface area contributed by atoms with E-state index in [9.17, 15) is 4.79 Å². The highest BCUT2D eigenvalue weighted by molar-refractivity contribution is 5.31. The molecule has 0 saturated carbocycles. The molecule has 0 saturated heterocycles. The maximum absolute atomic E-state index is 10.9. The van der Waals surface area contributed by atoms with Crippen LogP contribution >= 0.6 is 0 Å². The number of anilines is 1. The monoisotopic (exact) mass is 206 g/mol. The van der Waals surface area contributed by atoms with E-state index in [1.165, 1.54) is 12.4 Å². The number of rotatable bonds is 3. The smallest absolute Gasteiger partial charge is 0.252 e. The molecular weight excluding hydrogens is 196 g/mol. The summed E-state index contributed by atoms with van der Waals surface area (Å²) in [4.78, 5) is 21.3. The van der Waals surface area contributed by atoms with Crippen LogP contribution in [-0.4, -0.2) is 15.0 Å². The molecule has 0 spiro atoms. The molecular formula is C9H10N4O2. The number of nitrogens with one attached hydrogen (secondary N) is 2. The maximum Gasteiger partial charge on any atom is 0.252 e. The average molecular weight is 206 g/mol. The fourth-order valence-corrected chi connectivity index (χ4v) is 1.11. The van der Waals surface area contributed by atoms with E-state index in [0.717, 1.165) is 5.76 Å². The van der Waals surface area contributed by atoms with E-state index >= 15 is 0 Å². The molecule has 0 unspecified atom stereocenters. The molecule has 2 aromatic rings. The summed E-state index contributed by atoms with van der Waals surface area (Å²) in [5.74, 6) is 1.81. The first-order chi connectivity index (χ1) is 7.24. The molecule has 0 bridgehead atoms. The molecule has 0 aromatic carbocycles. The summed E-state index contributed by atoms with van der Waals surface area (Å²) in [6.45, 7) is 2.23. The Kier molecular flexibility index (Phi) is 2.49. The normalized spacial score (nSPS) is 10.2. The van der Waals surface area contributed by atoms with Crippen molar-refractivity contribution < 1.29 is 4.42 Å². The molecule has 0 fully saturated rings. The van der Waals surface area contributed by atoms with E-state index < -0.39 is 0 Å². The molecule has 6 nitrogen and oxygen atoms in total. The van der Waals surface area contributed by atoms with Gasteiger partial charge in [0, 0.05) is 6.07 Å². The lowest BCUT2D eigenvalue weighted by molar-refractivity contribution is 0.479. The third-order valence-electron chi connectivity index (χ3n) is 1.77. The lowest BCUT2D eigenvalue weighted by Crippen LogP contribution is -2.08. The van der Waals surface area contributed by atoms with Crippen LogP contribution in [0.15, 0.2) is 27.8 Å². The summed E-state index contributed by atoms with van der Waals surface area (Å²) in [6, 6.07) is 1.37. The van der Waals surface area contributed by atoms with E-state index in [-0.39, 0.29) is 5.56 Å². The van der Waals surface area contributed by atoms with Crippen LogP contribution in [0.3, 0.4) is 0 Å². The highest BCUT2D eigenvalue weighted by Crippen LogP contribution is 2.04. The first-order valence-corrected chi connectivity index (χ1v) is 4.44. The molecule has 0 aliphatic carbocycles. The molecule has 0 aliphatic rings. The minimum atomic E-state index is -0.198. The first-order valence-electron chi connectivity index (χ1n) is 4.44. The number of H-pyrrole nitrogens is 1. The van der Waals surface area contributed by atoms with Gasteiger partial charge in [0.2, 0.25) is 5.89 Å². The van der Waals surface area contributed by atoms with Crippen molar-refractivity contribution in [3.63, 3.8) is 0 Å². The van der Waals surface area contributed by atoms with Gasteiger partial charge in [0.05, 0.1) is 19.1 Å². The number of nitrogens with zero attached hydrogens (tertiary/aromatic N) is 2. The van der Waals surface area contributed by atoms with Crippen LogP contribution in [-0.2, 0) is 6.54 Å². The Bertz CT molecular complexity index is 503. The quantitative estimate of drug-likeness (QED) is 0.771. The van der Waals surface area contributed by atoms with Gasteiger partial charge in [0.15, 0.2) is 0 Å². The molecule has 15 heavy (non-hydrogen) atoms. The van der Waals surface area contributed by atoms with Gasteiger partial charge in [-0.3, -0.25) is 4.79 Å². The highest BCUT2D eigenvalue weighted by atomic mass is 16.4. The second kappa shape index (κ2) is 3.95. The van der Waals surface area contributed by atoms with Crippen LogP contribution in [0.1, 0.15) is 11.7 Å². The Hall–Kier alpha value is -2.11. The predicted octanol–water partition coefficient (Wildman–Crippen LogP) is 0.678. The second-order valence-corrected chi connectivity index (χ2v) is 3.01. The van der Waals surface area contributed by atoms with Crippen molar-refractivity contribution in [2.24, 2.45) is 0 Å². The number of aryl methyl sites for hydroxylation is 1. The van der Waals surface area contributed by atoms with Crippen LogP contribution < -0.4 is 10.9 Å². The number of aromatic nitrogens is 3. The Morgan fingerprint density at radius 3 is 3.07 bits per heavy atom. The molecule has 0 aliphatic heterocycles. The third-order valence-corrected chi connectivity index (χ3v) is 1.77. The molecule has 2 aromatic heterocycles. The van der Waals surface area contributed by atoms with Crippen molar-refractivity contribution in [3.05, 3.63) is 40.6 Å². The standard InChI is InChI=1S/C9H10N4O2/c1-6-3-11-9(15-6)4-10-7-2-8(14)13-5-12-7/h2-3,5H,4H2,1H3,(H2,10,12,13,14). The summed E-state index contributed by atoms with van der Waals surface area (Å²) >= 11 is 0. The lowest BCUT2D eigenvalue weighted by Gasteiger charge is -2.00. The number of hydrogen-bond donors (Lipinski definition) is 2. The molecule has 2 N–H and O–H groups in total. The van der Waals surface area contributed by atoms with Crippen LogP contribution in [0.5, 0.6) is 0 Å². The molecule has 0 amide bonds. The fraction of sp³-hybridized carbons (Fsp3) is 0.222. The molecule has 0 radical (unpaired) electrons. The Labute approximate surface area is 85.4 Å². The summed E-state index contributed by atoms with van der Waals surface area (Å²) in [7, 11) is 0. The fourth-order valence-electron chi connectivity index (χ4n) is 1.11. The van der Waals surface area contributed by atoms with Gasteiger partial charge in [0.25, 0.3) is 5.56 Å². The topological polar surface area (TPSA) is 83.8 Å². The van der Waals surface area contributed by atoms with E-state index in [4.69, 9.17) is 4.42 Å². The molecule has 6 heteroatoms. The summed E-state index contributed by atoms with van der Waals surface area (Å²) in [5.41, 5.74) is -0.198. The minimum absolute atomic E-state index is 0.198. The number of hydrogen-bond acceptors (Lipinski definition) is 5. The van der Waals surface area contributed by atoms with Gasteiger partial charge in [-0.25, -0.2) is 9.97 Å². The SMILES string of the molecule is Cc1cnc(CNc2cc(=O)[nH]cn2)o1. The Morgan fingerprint density at radius 1 is 1.53 bits per heavy atom. The highest BCUT2D eigenvalue weighted by Gasteiger charge is 2.00. The zero-order valence-corrected chi connectivity index (χ0v) is 8.15. The van der Waals surface area contributed by atoms with Gasteiger partial charge in [-0.2, -0.15) is 0 Å². The van der Waals surface area contributed by atoms with E-state index in [0.29, 0.717) is 18.3 Å². The van der Waals surface area contributed by atoms with Gasteiger partial charge in [-0.1, -0.05) is 0 Å². The zero-order valence-electron chi connectivity index (χ0n) is 8.15. The van der Waals surface area contributed by atoms with Gasteiger partial charge >= 0.3 is 0 Å². The zero-order chi connectivity index (χ0) is 10.7. The van der Waals surface area contributed by atoms with E-state index in [1.807, 2.05) is 6.92 Å². The van der Waals surface area contributed by atoms with Crippen molar-refractivity contribution >= 4 is 5.82 Å². The van der Waals surface area contributed by atoms with Crippen LogP contribution in [0, 0.1) is 6.92 Å². The molecule has 2 heterocycles. The Balaban J connectivity index is 2.02. The number of oxazole rings is 1. The van der Waals surface area contributed by atoms with E-state index in [2.05, 4.69) is 20.3 Å². The van der Waals surface area contributed by atoms with Crippen molar-refractivity contribution in [1.29, 1.82) is 0 Å². The summed E-state index contributed by atoms with van der Waals surface area (Å²) in [6.07, 6.45) is 2.98. The first kappa shape index (κ1) is 9.45. The van der Waals surface area contributed by atoms with Gasteiger partial charge < -0.3 is 14.7 Å². The predicted molar refractivity (Wildman–Crippen MR) is 53.4 cm³/mol. The van der Waals surface area contributed by atoms with Gasteiger partial charge in [0.1, 0.15) is 11.6 Å². The molecule has 78 valence electrons. The Morgan fingerprint density at radius 2 is 2.40 bits per heavy atom. The van der Waals surface area contributed by atoms with Crippen LogP contribution in [0.4, 0.5) is 5.82 Å². The van der Waals surface area contributed by atoms with Crippen molar-refractivity contribution in [2.45, 2.75) is 13.5 Å². The van der Waals surface area contributed by atoms with Gasteiger partial charge in [-0.05, 0) is 6.92 Å². The number of aromatic amines is 1. The van der Waals surface area contributed by atoms with Gasteiger partial charge in [-0.15, -0.1) is 0 Å². The van der Waals surface area contributed by atoms with Crippen molar-refractivity contribution in [2.75, 3.05) is 5.32 Å².